The molecule has 5 unspecified atom stereocenters. The van der Waals surface area contributed by atoms with E-state index in [4.69, 9.17) is 15.9 Å². The maximum atomic E-state index is 13.4. The van der Waals surface area contributed by atoms with E-state index in [2.05, 4.69) is 47.5 Å². The van der Waals surface area contributed by atoms with Gasteiger partial charge in [0.2, 0.25) is 0 Å². The Hall–Kier alpha value is -1.15. The van der Waals surface area contributed by atoms with Crippen molar-refractivity contribution in [3.05, 3.63) is 11.1 Å². The summed E-state index contributed by atoms with van der Waals surface area (Å²) in [5.74, 6) is 4.31. The molecule has 0 spiro atoms. The highest BCUT2D eigenvalue weighted by molar-refractivity contribution is 5.69. The van der Waals surface area contributed by atoms with Gasteiger partial charge < -0.3 is 19.4 Å². The molecule has 0 aromatic heterocycles. The molecule has 10 atom stereocenters. The standard InChI is InChI=1S/C32H48O4/c1-8-30(34)17-13-24-27-21(4)22(5)28-23(6)26(36-31(35-9-2)14-10-11-15-31)18-20(3)32(28,19-33)25(27)12-16-29(24,30)7/h1,19-22,24-27,34H,9-18H2,2-7H3/t20?,21?,22?,24-,25+,26?,27-,29-,30?,32+/m0/s1. The van der Waals surface area contributed by atoms with Crippen LogP contribution in [0.1, 0.15) is 99.3 Å². The summed E-state index contributed by atoms with van der Waals surface area (Å²) in [7, 11) is 0. The van der Waals surface area contributed by atoms with Crippen LogP contribution in [0.3, 0.4) is 0 Å². The summed E-state index contributed by atoms with van der Waals surface area (Å²) in [6.07, 6.45) is 15.8. The van der Waals surface area contributed by atoms with Gasteiger partial charge in [0.15, 0.2) is 5.79 Å². The second-order valence-corrected chi connectivity index (χ2v) is 13.4. The Bertz CT molecular complexity index is 956. The molecule has 36 heavy (non-hydrogen) atoms. The summed E-state index contributed by atoms with van der Waals surface area (Å²) < 4.78 is 13.1. The van der Waals surface area contributed by atoms with Gasteiger partial charge in [0.1, 0.15) is 11.9 Å². The zero-order chi connectivity index (χ0) is 26.1. The zero-order valence-electron chi connectivity index (χ0n) is 23.4. The first-order valence-electron chi connectivity index (χ1n) is 14.7. The first kappa shape index (κ1) is 26.5. The lowest BCUT2D eigenvalue weighted by molar-refractivity contribution is -0.252. The van der Waals surface area contributed by atoms with Crippen molar-refractivity contribution < 1.29 is 19.4 Å². The van der Waals surface area contributed by atoms with E-state index in [0.29, 0.717) is 42.6 Å². The van der Waals surface area contributed by atoms with Crippen LogP contribution in [-0.4, -0.2) is 35.5 Å². The smallest absolute Gasteiger partial charge is 0.169 e. The highest BCUT2D eigenvalue weighted by Crippen LogP contribution is 2.70. The van der Waals surface area contributed by atoms with Crippen LogP contribution in [0.4, 0.5) is 0 Å². The molecular formula is C32H48O4. The number of hydrogen-bond acceptors (Lipinski definition) is 4. The molecule has 0 aromatic carbocycles. The molecule has 4 saturated carbocycles. The number of carbonyl (C=O) groups is 1. The zero-order valence-corrected chi connectivity index (χ0v) is 23.4. The Morgan fingerprint density at radius 3 is 2.39 bits per heavy atom. The fourth-order valence-electron chi connectivity index (χ4n) is 10.3. The quantitative estimate of drug-likeness (QED) is 0.210. The summed E-state index contributed by atoms with van der Waals surface area (Å²) in [5, 5.41) is 11.4. The largest absolute Gasteiger partial charge is 0.377 e. The van der Waals surface area contributed by atoms with Gasteiger partial charge in [0.05, 0.1) is 11.5 Å². The topological polar surface area (TPSA) is 55.8 Å². The molecule has 4 nitrogen and oxygen atoms in total. The summed E-state index contributed by atoms with van der Waals surface area (Å²) in [5.41, 5.74) is 0.885. The molecule has 0 aliphatic heterocycles. The summed E-state index contributed by atoms with van der Waals surface area (Å²) >= 11 is 0. The molecule has 0 amide bonds. The molecule has 4 fully saturated rings. The molecule has 0 radical (unpaired) electrons. The van der Waals surface area contributed by atoms with Crippen molar-refractivity contribution in [3.63, 3.8) is 0 Å². The van der Waals surface area contributed by atoms with Crippen molar-refractivity contribution in [3.8, 4) is 12.3 Å². The Balaban J connectivity index is 1.56. The van der Waals surface area contributed by atoms with Crippen LogP contribution in [0.15, 0.2) is 11.1 Å². The monoisotopic (exact) mass is 496 g/mol. The van der Waals surface area contributed by atoms with Gasteiger partial charge in [-0.05, 0) is 99.9 Å². The number of aldehydes is 1. The number of allylic oxidation sites excluding steroid dienone is 1. The van der Waals surface area contributed by atoms with E-state index >= 15 is 0 Å². The van der Waals surface area contributed by atoms with Gasteiger partial charge in [0, 0.05) is 24.9 Å². The summed E-state index contributed by atoms with van der Waals surface area (Å²) in [4.78, 5) is 13.4. The lowest BCUT2D eigenvalue weighted by atomic mass is 9.40. The van der Waals surface area contributed by atoms with Crippen molar-refractivity contribution in [2.45, 2.75) is 117 Å². The van der Waals surface area contributed by atoms with Crippen LogP contribution in [0.5, 0.6) is 0 Å². The molecule has 0 bridgehead atoms. The van der Waals surface area contributed by atoms with Crippen LogP contribution in [0.2, 0.25) is 0 Å². The number of rotatable bonds is 5. The Labute approximate surface area is 219 Å². The average molecular weight is 497 g/mol. The maximum Gasteiger partial charge on any atom is 0.169 e. The molecule has 0 heterocycles. The van der Waals surface area contributed by atoms with E-state index in [-0.39, 0.29) is 17.4 Å². The van der Waals surface area contributed by atoms with Crippen molar-refractivity contribution in [2.24, 2.45) is 46.3 Å². The van der Waals surface area contributed by atoms with E-state index in [1.165, 1.54) is 17.4 Å². The van der Waals surface area contributed by atoms with Crippen LogP contribution < -0.4 is 0 Å². The Morgan fingerprint density at radius 1 is 1.11 bits per heavy atom. The molecule has 5 aliphatic carbocycles. The second-order valence-electron chi connectivity index (χ2n) is 13.4. The minimum absolute atomic E-state index is 0.00536. The van der Waals surface area contributed by atoms with E-state index in [0.717, 1.165) is 51.4 Å². The van der Waals surface area contributed by atoms with E-state index < -0.39 is 16.8 Å². The number of ether oxygens (including phenoxy) is 2. The van der Waals surface area contributed by atoms with Gasteiger partial charge in [-0.2, -0.15) is 0 Å². The Morgan fingerprint density at radius 2 is 1.78 bits per heavy atom. The van der Waals surface area contributed by atoms with Crippen molar-refractivity contribution in [1.29, 1.82) is 0 Å². The molecule has 5 aliphatic rings. The summed E-state index contributed by atoms with van der Waals surface area (Å²) in [6.45, 7) is 14.2. The third-order valence-electron chi connectivity index (χ3n) is 12.3. The lowest BCUT2D eigenvalue weighted by Gasteiger charge is -2.64. The van der Waals surface area contributed by atoms with Gasteiger partial charge >= 0.3 is 0 Å². The summed E-state index contributed by atoms with van der Waals surface area (Å²) in [6, 6.07) is 0. The number of carbonyl (C=O) groups excluding carboxylic acids is 1. The normalized spacial score (nSPS) is 49.7. The Kier molecular flexibility index (Phi) is 6.58. The third-order valence-corrected chi connectivity index (χ3v) is 12.3. The van der Waals surface area contributed by atoms with Crippen molar-refractivity contribution >= 4 is 6.29 Å². The van der Waals surface area contributed by atoms with Crippen LogP contribution in [0, 0.1) is 58.7 Å². The number of hydrogen-bond donors (Lipinski definition) is 1. The molecule has 5 rings (SSSR count). The number of aliphatic hydroxyl groups is 1. The van der Waals surface area contributed by atoms with E-state index in [9.17, 15) is 9.90 Å². The fraction of sp³-hybridized carbons (Fsp3) is 0.844. The predicted octanol–water partition coefficient (Wildman–Crippen LogP) is 6.31. The lowest BCUT2D eigenvalue weighted by Crippen LogP contribution is -2.61. The molecule has 0 saturated heterocycles. The minimum atomic E-state index is -1.03. The molecular weight excluding hydrogens is 448 g/mol. The van der Waals surface area contributed by atoms with Gasteiger partial charge in [-0.15, -0.1) is 6.42 Å². The van der Waals surface area contributed by atoms with Gasteiger partial charge in [-0.25, -0.2) is 0 Å². The van der Waals surface area contributed by atoms with Gasteiger partial charge in [-0.1, -0.05) is 39.2 Å². The van der Waals surface area contributed by atoms with E-state index in [1.807, 2.05) is 0 Å². The molecule has 4 heteroatoms. The second kappa shape index (κ2) is 8.96. The number of fused-ring (bicyclic) bond motifs is 5. The molecule has 0 aromatic rings. The fourth-order valence-corrected chi connectivity index (χ4v) is 10.3. The average Bonchev–Trinajstić information content (AvgIpc) is 3.42. The predicted molar refractivity (Wildman–Crippen MR) is 142 cm³/mol. The highest BCUT2D eigenvalue weighted by Gasteiger charge is 2.68. The first-order valence-corrected chi connectivity index (χ1v) is 14.7. The van der Waals surface area contributed by atoms with Crippen LogP contribution in [0.25, 0.3) is 0 Å². The first-order chi connectivity index (χ1) is 17.0. The van der Waals surface area contributed by atoms with Crippen molar-refractivity contribution in [1.82, 2.24) is 0 Å². The van der Waals surface area contributed by atoms with Crippen molar-refractivity contribution in [2.75, 3.05) is 6.61 Å². The van der Waals surface area contributed by atoms with E-state index in [1.54, 1.807) is 0 Å². The van der Waals surface area contributed by atoms with Crippen LogP contribution in [-0.2, 0) is 14.3 Å². The minimum Gasteiger partial charge on any atom is -0.377 e. The highest BCUT2D eigenvalue weighted by atomic mass is 16.7. The maximum absolute atomic E-state index is 13.4. The molecule has 200 valence electrons. The third kappa shape index (κ3) is 3.34. The van der Waals surface area contributed by atoms with Gasteiger partial charge in [0.25, 0.3) is 0 Å². The SMILES string of the molecule is C#CC1(O)CC[C@H]2[C@@H]3C(C)C(C)C4=C(C)C(OC5(OCC)CCCC5)CC(C)[C@]4(C=O)[C@@H]3CC[C@@]21C. The van der Waals surface area contributed by atoms with Gasteiger partial charge in [-0.3, -0.25) is 0 Å². The van der Waals surface area contributed by atoms with Crippen LogP contribution >= 0.6 is 0 Å². The molecule has 1 N–H and O–H groups in total. The number of terminal acetylenes is 1.